The fourth-order valence-electron chi connectivity index (χ4n) is 2.36. The molecular formula is C19H19NO2S2. The van der Waals surface area contributed by atoms with Gasteiger partial charge in [-0.2, -0.15) is 11.3 Å². The van der Waals surface area contributed by atoms with Gasteiger partial charge in [-0.3, -0.25) is 4.79 Å². The predicted octanol–water partition coefficient (Wildman–Crippen LogP) is 5.05. The van der Waals surface area contributed by atoms with E-state index in [2.05, 4.69) is 23.6 Å². The lowest BCUT2D eigenvalue weighted by Gasteiger charge is -2.21. The lowest BCUT2D eigenvalue weighted by Crippen LogP contribution is -2.30. The first-order chi connectivity index (χ1) is 11.8. The molecule has 0 N–H and O–H groups in total. The Morgan fingerprint density at radius 2 is 1.96 bits per heavy atom. The lowest BCUT2D eigenvalue weighted by atomic mass is 10.2. The minimum absolute atomic E-state index is 0.154. The Bertz CT molecular complexity index is 688. The largest absolute Gasteiger partial charge is 0.467 e. The Morgan fingerprint density at radius 3 is 2.67 bits per heavy atom. The molecule has 5 heteroatoms. The van der Waals surface area contributed by atoms with Crippen molar-refractivity contribution in [3.63, 3.8) is 0 Å². The molecule has 2 aromatic heterocycles. The minimum atomic E-state index is 0.154. The number of carbonyl (C=O) groups is 1. The van der Waals surface area contributed by atoms with E-state index >= 15 is 0 Å². The third kappa shape index (κ3) is 5.01. The maximum absolute atomic E-state index is 12.7. The molecule has 3 nitrogen and oxygen atoms in total. The Hall–Kier alpha value is -1.98. The van der Waals surface area contributed by atoms with Gasteiger partial charge in [-0.25, -0.2) is 0 Å². The summed E-state index contributed by atoms with van der Waals surface area (Å²) in [5.74, 6) is 1.75. The van der Waals surface area contributed by atoms with E-state index in [9.17, 15) is 4.79 Å². The second-order valence-electron chi connectivity index (χ2n) is 5.37. The maximum Gasteiger partial charge on any atom is 0.224 e. The number of hydrogen-bond donors (Lipinski definition) is 0. The van der Waals surface area contributed by atoms with Crippen LogP contribution in [-0.4, -0.2) is 16.6 Å². The number of benzene rings is 1. The Balaban J connectivity index is 1.57. The van der Waals surface area contributed by atoms with Crippen molar-refractivity contribution < 1.29 is 9.21 Å². The molecule has 0 saturated carbocycles. The highest BCUT2D eigenvalue weighted by atomic mass is 32.2. The van der Waals surface area contributed by atoms with Gasteiger partial charge in [-0.05, 0) is 46.7 Å². The van der Waals surface area contributed by atoms with Gasteiger partial charge in [-0.1, -0.05) is 18.2 Å². The van der Waals surface area contributed by atoms with E-state index in [4.69, 9.17) is 4.42 Å². The zero-order valence-corrected chi connectivity index (χ0v) is 14.9. The summed E-state index contributed by atoms with van der Waals surface area (Å²) in [5.41, 5.74) is 1.16. The van der Waals surface area contributed by atoms with Crippen molar-refractivity contribution in [2.24, 2.45) is 0 Å². The van der Waals surface area contributed by atoms with Gasteiger partial charge in [0.15, 0.2) is 0 Å². The van der Waals surface area contributed by atoms with Crippen LogP contribution in [0.3, 0.4) is 0 Å². The van der Waals surface area contributed by atoms with Crippen LogP contribution in [0.2, 0.25) is 0 Å². The number of carbonyl (C=O) groups excluding carboxylic acids is 1. The average Bonchev–Trinajstić information content (AvgIpc) is 3.29. The molecule has 0 bridgehead atoms. The Kier molecular flexibility index (Phi) is 6.15. The fraction of sp³-hybridized carbons (Fsp3) is 0.211. The maximum atomic E-state index is 12.7. The first kappa shape index (κ1) is 16.9. The SMILES string of the molecule is O=C(CCSc1ccccc1)N(Cc1ccsc1)Cc1ccco1. The van der Waals surface area contributed by atoms with Crippen LogP contribution < -0.4 is 0 Å². The molecule has 2 heterocycles. The van der Waals surface area contributed by atoms with E-state index in [0.29, 0.717) is 19.5 Å². The van der Waals surface area contributed by atoms with E-state index < -0.39 is 0 Å². The van der Waals surface area contributed by atoms with Gasteiger partial charge in [-0.15, -0.1) is 11.8 Å². The van der Waals surface area contributed by atoms with Crippen molar-refractivity contribution in [1.82, 2.24) is 4.90 Å². The monoisotopic (exact) mass is 357 g/mol. The van der Waals surface area contributed by atoms with E-state index in [-0.39, 0.29) is 5.91 Å². The molecule has 0 aliphatic heterocycles. The third-order valence-electron chi connectivity index (χ3n) is 3.56. The number of nitrogens with zero attached hydrogens (tertiary/aromatic N) is 1. The second-order valence-corrected chi connectivity index (χ2v) is 7.32. The van der Waals surface area contributed by atoms with Crippen LogP contribution >= 0.6 is 23.1 Å². The fourth-order valence-corrected chi connectivity index (χ4v) is 3.88. The molecular weight excluding hydrogens is 338 g/mol. The molecule has 24 heavy (non-hydrogen) atoms. The van der Waals surface area contributed by atoms with Gasteiger partial charge >= 0.3 is 0 Å². The number of thiophene rings is 1. The van der Waals surface area contributed by atoms with Crippen molar-refractivity contribution in [2.75, 3.05) is 5.75 Å². The lowest BCUT2D eigenvalue weighted by molar-refractivity contribution is -0.132. The molecule has 0 radical (unpaired) electrons. The van der Waals surface area contributed by atoms with E-state index in [1.165, 1.54) is 4.90 Å². The smallest absolute Gasteiger partial charge is 0.224 e. The normalized spacial score (nSPS) is 10.7. The number of thioether (sulfide) groups is 1. The van der Waals surface area contributed by atoms with Crippen LogP contribution in [0.25, 0.3) is 0 Å². The van der Waals surface area contributed by atoms with Crippen molar-refractivity contribution in [2.45, 2.75) is 24.4 Å². The first-order valence-electron chi connectivity index (χ1n) is 7.80. The molecule has 0 saturated heterocycles. The summed E-state index contributed by atoms with van der Waals surface area (Å²) in [7, 11) is 0. The van der Waals surface area contributed by atoms with Crippen LogP contribution in [0, 0.1) is 0 Å². The van der Waals surface area contributed by atoms with Crippen molar-refractivity contribution in [3.8, 4) is 0 Å². The van der Waals surface area contributed by atoms with Crippen molar-refractivity contribution in [3.05, 3.63) is 76.9 Å². The minimum Gasteiger partial charge on any atom is -0.467 e. The summed E-state index contributed by atoms with van der Waals surface area (Å²) in [6.07, 6.45) is 2.16. The summed E-state index contributed by atoms with van der Waals surface area (Å²) in [6.45, 7) is 1.14. The van der Waals surface area contributed by atoms with Crippen LogP contribution in [0.1, 0.15) is 17.7 Å². The standard InChI is InChI=1S/C19H19NO2S2/c21-19(9-12-24-18-6-2-1-3-7-18)20(13-16-8-11-23-15-16)14-17-5-4-10-22-17/h1-8,10-11,15H,9,12-14H2. The van der Waals surface area contributed by atoms with Gasteiger partial charge in [0.25, 0.3) is 0 Å². The molecule has 0 aliphatic rings. The van der Waals surface area contributed by atoms with Crippen LogP contribution in [0.15, 0.2) is 74.9 Å². The molecule has 0 atom stereocenters. The summed E-state index contributed by atoms with van der Waals surface area (Å²) in [4.78, 5) is 15.7. The molecule has 0 fully saturated rings. The molecule has 3 rings (SSSR count). The molecule has 0 spiro atoms. The number of amides is 1. The summed E-state index contributed by atoms with van der Waals surface area (Å²) >= 11 is 3.36. The second kappa shape index (κ2) is 8.76. The summed E-state index contributed by atoms with van der Waals surface area (Å²) in [6, 6.07) is 16.0. The molecule has 0 unspecified atom stereocenters. The topological polar surface area (TPSA) is 33.5 Å². The number of hydrogen-bond acceptors (Lipinski definition) is 4. The van der Waals surface area contributed by atoms with E-state index in [1.807, 2.05) is 40.6 Å². The Morgan fingerprint density at radius 1 is 1.08 bits per heavy atom. The number of furan rings is 1. The molecule has 3 aromatic rings. The highest BCUT2D eigenvalue weighted by Crippen LogP contribution is 2.20. The quantitative estimate of drug-likeness (QED) is 0.529. The summed E-state index contributed by atoms with van der Waals surface area (Å²) < 4.78 is 5.41. The van der Waals surface area contributed by atoms with Crippen LogP contribution in [0.5, 0.6) is 0 Å². The van der Waals surface area contributed by atoms with E-state index in [1.54, 1.807) is 29.4 Å². The zero-order valence-electron chi connectivity index (χ0n) is 13.3. The highest BCUT2D eigenvalue weighted by Gasteiger charge is 2.16. The van der Waals surface area contributed by atoms with Gasteiger partial charge in [0, 0.05) is 23.6 Å². The van der Waals surface area contributed by atoms with Crippen molar-refractivity contribution >= 4 is 29.0 Å². The first-order valence-corrected chi connectivity index (χ1v) is 9.73. The average molecular weight is 358 g/mol. The molecule has 1 amide bonds. The van der Waals surface area contributed by atoms with Gasteiger partial charge in [0.1, 0.15) is 5.76 Å². The Labute approximate surface area is 150 Å². The van der Waals surface area contributed by atoms with Crippen LogP contribution in [0.4, 0.5) is 0 Å². The van der Waals surface area contributed by atoms with Gasteiger partial charge in [0.2, 0.25) is 5.91 Å². The van der Waals surface area contributed by atoms with Crippen molar-refractivity contribution in [1.29, 1.82) is 0 Å². The summed E-state index contributed by atoms with van der Waals surface area (Å²) in [5, 5.41) is 4.12. The molecule has 0 aliphatic carbocycles. The highest BCUT2D eigenvalue weighted by molar-refractivity contribution is 7.99. The van der Waals surface area contributed by atoms with Crippen LogP contribution in [-0.2, 0) is 17.9 Å². The van der Waals surface area contributed by atoms with E-state index in [0.717, 1.165) is 17.1 Å². The third-order valence-corrected chi connectivity index (χ3v) is 5.31. The van der Waals surface area contributed by atoms with Gasteiger partial charge < -0.3 is 9.32 Å². The predicted molar refractivity (Wildman–Crippen MR) is 99.1 cm³/mol. The van der Waals surface area contributed by atoms with Gasteiger partial charge in [0.05, 0.1) is 12.8 Å². The molecule has 1 aromatic carbocycles. The molecule has 124 valence electrons. The number of rotatable bonds is 8. The zero-order chi connectivity index (χ0) is 16.6.